The molecule has 1 aliphatic heterocycles. The summed E-state index contributed by atoms with van der Waals surface area (Å²) in [5.41, 5.74) is 3.95. The number of anilines is 2. The lowest BCUT2D eigenvalue weighted by Gasteiger charge is -2.27. The number of amides is 3. The van der Waals surface area contributed by atoms with Gasteiger partial charge in [0.15, 0.2) is 0 Å². The fraction of sp³-hybridized carbons (Fsp3) is 0.118. The highest BCUT2D eigenvalue weighted by molar-refractivity contribution is 14.1. The lowest BCUT2D eigenvalue weighted by Crippen LogP contribution is -2.50. The highest BCUT2D eigenvalue weighted by atomic mass is 127. The number of carbonyl (C=O) groups excluding carboxylic acids is 3. The maximum Gasteiger partial charge on any atom is 0.255 e. The van der Waals surface area contributed by atoms with E-state index in [0.717, 1.165) is 3.57 Å². The topological polar surface area (TPSA) is 78.5 Å². The maximum atomic E-state index is 12.3. The molecule has 2 aromatic rings. The zero-order valence-corrected chi connectivity index (χ0v) is 15.8. The molecule has 0 atom stereocenters. The van der Waals surface area contributed by atoms with Gasteiger partial charge in [0.05, 0.1) is 16.4 Å². The van der Waals surface area contributed by atoms with E-state index in [-0.39, 0.29) is 30.6 Å². The molecule has 0 radical (unpaired) electrons. The Hall–Kier alpha value is -2.13. The number of halogens is 2. The van der Waals surface area contributed by atoms with E-state index in [4.69, 9.17) is 11.6 Å². The van der Waals surface area contributed by atoms with Gasteiger partial charge in [-0.15, -0.1) is 0 Å². The first-order valence-electron chi connectivity index (χ1n) is 7.43. The van der Waals surface area contributed by atoms with Gasteiger partial charge in [-0.2, -0.15) is 0 Å². The quantitative estimate of drug-likeness (QED) is 0.677. The number of nitrogens with zero attached hydrogens (tertiary/aromatic N) is 1. The molecule has 0 aliphatic carbocycles. The summed E-state index contributed by atoms with van der Waals surface area (Å²) in [6.07, 6.45) is 0.353. The van der Waals surface area contributed by atoms with Crippen LogP contribution < -0.4 is 15.8 Å². The fourth-order valence-corrected chi connectivity index (χ4v) is 3.23. The van der Waals surface area contributed by atoms with Crippen molar-refractivity contribution in [3.05, 3.63) is 56.6 Å². The maximum absolute atomic E-state index is 12.3. The number of rotatable bonds is 3. The van der Waals surface area contributed by atoms with Crippen molar-refractivity contribution in [1.29, 1.82) is 0 Å². The van der Waals surface area contributed by atoms with Crippen molar-refractivity contribution in [3.8, 4) is 0 Å². The molecule has 0 saturated carbocycles. The van der Waals surface area contributed by atoms with Crippen molar-refractivity contribution < 1.29 is 14.4 Å². The fourth-order valence-electron chi connectivity index (χ4n) is 2.33. The highest BCUT2D eigenvalue weighted by Crippen LogP contribution is 2.25. The molecule has 1 saturated heterocycles. The van der Waals surface area contributed by atoms with Gasteiger partial charge >= 0.3 is 0 Å². The Kier molecular flexibility index (Phi) is 5.24. The van der Waals surface area contributed by atoms with Gasteiger partial charge in [-0.05, 0) is 65.1 Å². The molecule has 0 unspecified atom stereocenters. The summed E-state index contributed by atoms with van der Waals surface area (Å²) < 4.78 is 0.971. The smallest absolute Gasteiger partial charge is 0.255 e. The molecule has 0 bridgehead atoms. The molecule has 2 aromatic carbocycles. The third kappa shape index (κ3) is 4.10. The van der Waals surface area contributed by atoms with E-state index in [9.17, 15) is 14.4 Å². The third-order valence-corrected chi connectivity index (χ3v) is 4.60. The molecule has 0 spiro atoms. The van der Waals surface area contributed by atoms with Gasteiger partial charge in [-0.25, -0.2) is 5.01 Å². The van der Waals surface area contributed by atoms with Crippen LogP contribution in [-0.2, 0) is 9.59 Å². The van der Waals surface area contributed by atoms with Crippen LogP contribution in [0.3, 0.4) is 0 Å². The van der Waals surface area contributed by atoms with Crippen LogP contribution in [-0.4, -0.2) is 17.7 Å². The first-order valence-corrected chi connectivity index (χ1v) is 8.88. The second kappa shape index (κ2) is 7.40. The SMILES string of the molecule is O=C1CCC(=O)N(c2ccc(C(=O)Nc3ccc(I)cc3Cl)cc2)N1. The van der Waals surface area contributed by atoms with Crippen LogP contribution in [0.5, 0.6) is 0 Å². The van der Waals surface area contributed by atoms with Gasteiger partial charge in [0, 0.05) is 22.0 Å². The summed E-state index contributed by atoms with van der Waals surface area (Å²) in [5, 5.41) is 4.40. The van der Waals surface area contributed by atoms with E-state index in [1.165, 1.54) is 5.01 Å². The van der Waals surface area contributed by atoms with Gasteiger partial charge in [-0.3, -0.25) is 19.8 Å². The third-order valence-electron chi connectivity index (χ3n) is 3.62. The average molecular weight is 470 g/mol. The van der Waals surface area contributed by atoms with E-state index in [0.29, 0.717) is 22.0 Å². The van der Waals surface area contributed by atoms with Crippen molar-refractivity contribution in [2.45, 2.75) is 12.8 Å². The predicted octanol–water partition coefficient (Wildman–Crippen LogP) is 3.35. The summed E-state index contributed by atoms with van der Waals surface area (Å²) >= 11 is 8.25. The van der Waals surface area contributed by atoms with E-state index >= 15 is 0 Å². The molecule has 1 heterocycles. The van der Waals surface area contributed by atoms with Crippen LogP contribution >= 0.6 is 34.2 Å². The molecule has 0 aromatic heterocycles. The monoisotopic (exact) mass is 469 g/mol. The van der Waals surface area contributed by atoms with E-state index in [1.807, 2.05) is 6.07 Å². The molecule has 25 heavy (non-hydrogen) atoms. The molecule has 128 valence electrons. The average Bonchev–Trinajstić information content (AvgIpc) is 2.59. The summed E-state index contributed by atoms with van der Waals surface area (Å²) in [5.74, 6) is -0.721. The van der Waals surface area contributed by atoms with Gasteiger partial charge < -0.3 is 5.32 Å². The Labute approximate surface area is 162 Å². The first kappa shape index (κ1) is 17.7. The van der Waals surface area contributed by atoms with Gasteiger partial charge in [-0.1, -0.05) is 11.6 Å². The Bertz CT molecular complexity index is 855. The summed E-state index contributed by atoms with van der Waals surface area (Å²) in [6.45, 7) is 0. The number of nitrogens with one attached hydrogen (secondary N) is 2. The zero-order chi connectivity index (χ0) is 18.0. The Morgan fingerprint density at radius 1 is 1.12 bits per heavy atom. The Balaban J connectivity index is 1.74. The number of benzene rings is 2. The van der Waals surface area contributed by atoms with Crippen LogP contribution in [0.1, 0.15) is 23.2 Å². The predicted molar refractivity (Wildman–Crippen MR) is 103 cm³/mol. The minimum absolute atomic E-state index is 0.166. The van der Waals surface area contributed by atoms with Gasteiger partial charge in [0.2, 0.25) is 11.8 Å². The molecule has 3 rings (SSSR count). The minimum atomic E-state index is -0.316. The van der Waals surface area contributed by atoms with Crippen molar-refractivity contribution in [1.82, 2.24) is 5.43 Å². The van der Waals surface area contributed by atoms with Gasteiger partial charge in [0.25, 0.3) is 5.91 Å². The van der Waals surface area contributed by atoms with Gasteiger partial charge in [0.1, 0.15) is 0 Å². The van der Waals surface area contributed by atoms with E-state index in [2.05, 4.69) is 33.3 Å². The minimum Gasteiger partial charge on any atom is -0.321 e. The van der Waals surface area contributed by atoms with Crippen LogP contribution in [0, 0.1) is 3.57 Å². The number of hydrogen-bond donors (Lipinski definition) is 2. The Morgan fingerprint density at radius 3 is 2.52 bits per heavy atom. The van der Waals surface area contributed by atoms with E-state index in [1.54, 1.807) is 36.4 Å². The van der Waals surface area contributed by atoms with Crippen molar-refractivity contribution >= 4 is 63.3 Å². The summed E-state index contributed by atoms with van der Waals surface area (Å²) in [4.78, 5) is 35.7. The largest absolute Gasteiger partial charge is 0.321 e. The summed E-state index contributed by atoms with van der Waals surface area (Å²) in [7, 11) is 0. The van der Waals surface area contributed by atoms with Crippen molar-refractivity contribution in [2.75, 3.05) is 10.3 Å². The summed E-state index contributed by atoms with van der Waals surface area (Å²) in [6, 6.07) is 11.7. The highest BCUT2D eigenvalue weighted by Gasteiger charge is 2.24. The molecular weight excluding hydrogens is 457 g/mol. The van der Waals surface area contributed by atoms with Crippen molar-refractivity contribution in [2.24, 2.45) is 0 Å². The second-order valence-electron chi connectivity index (χ2n) is 5.39. The lowest BCUT2D eigenvalue weighted by molar-refractivity contribution is -0.130. The first-order chi connectivity index (χ1) is 11.9. The lowest BCUT2D eigenvalue weighted by atomic mass is 10.1. The molecule has 1 aliphatic rings. The number of carbonyl (C=O) groups is 3. The van der Waals surface area contributed by atoms with Crippen LogP contribution in [0.25, 0.3) is 0 Å². The molecule has 8 heteroatoms. The molecular formula is C17H13ClIN3O3. The van der Waals surface area contributed by atoms with Crippen LogP contribution in [0.4, 0.5) is 11.4 Å². The van der Waals surface area contributed by atoms with E-state index < -0.39 is 0 Å². The zero-order valence-electron chi connectivity index (χ0n) is 12.9. The van der Waals surface area contributed by atoms with Crippen LogP contribution in [0.2, 0.25) is 5.02 Å². The number of hydrazine groups is 1. The molecule has 6 nitrogen and oxygen atoms in total. The Morgan fingerprint density at radius 2 is 1.84 bits per heavy atom. The second-order valence-corrected chi connectivity index (χ2v) is 7.04. The standard InChI is InChI=1S/C17H13ClIN3O3/c18-13-9-11(19)3-6-14(13)20-17(25)10-1-4-12(5-2-10)22-16(24)8-7-15(23)21-22/h1-6,9H,7-8H2,(H,20,25)(H,21,23). The number of hydrogen-bond acceptors (Lipinski definition) is 3. The molecule has 1 fully saturated rings. The normalized spacial score (nSPS) is 14.2. The molecule has 3 amide bonds. The van der Waals surface area contributed by atoms with Crippen LogP contribution in [0.15, 0.2) is 42.5 Å². The van der Waals surface area contributed by atoms with Crippen molar-refractivity contribution in [3.63, 3.8) is 0 Å². The molecule has 2 N–H and O–H groups in total.